The number of nitrogens with one attached hydrogen (secondary N) is 1. The van der Waals surface area contributed by atoms with E-state index in [9.17, 15) is 0 Å². The maximum absolute atomic E-state index is 8.76. The van der Waals surface area contributed by atoms with E-state index in [2.05, 4.69) is 16.5 Å². The van der Waals surface area contributed by atoms with Gasteiger partial charge in [-0.05, 0) is 30.4 Å². The Hall–Kier alpha value is -1.71. The average Bonchev–Trinajstić information content (AvgIpc) is 2.67. The molecule has 0 aliphatic carbocycles. The van der Waals surface area contributed by atoms with Crippen molar-refractivity contribution in [1.82, 2.24) is 4.98 Å². The van der Waals surface area contributed by atoms with Crippen LogP contribution in [0.4, 0.5) is 5.13 Å². The van der Waals surface area contributed by atoms with Gasteiger partial charge in [0, 0.05) is 6.92 Å². The summed E-state index contributed by atoms with van der Waals surface area (Å²) in [7, 11) is 0. The topological polar surface area (TPSA) is 57.9 Å². The first-order valence-corrected chi connectivity index (χ1v) is 5.65. The van der Waals surface area contributed by atoms with Crippen LogP contribution >= 0.6 is 23.6 Å². The molecule has 0 saturated heterocycles. The van der Waals surface area contributed by atoms with Gasteiger partial charge < -0.3 is 4.84 Å². The number of rotatable bonds is 2. The van der Waals surface area contributed by atoms with Crippen LogP contribution in [0.25, 0.3) is 10.2 Å². The molecule has 16 heavy (non-hydrogen) atoms. The van der Waals surface area contributed by atoms with Gasteiger partial charge in [0.25, 0.3) is 0 Å². The summed E-state index contributed by atoms with van der Waals surface area (Å²) >= 11 is 6.17. The highest BCUT2D eigenvalue weighted by Gasteiger charge is 2.04. The molecule has 0 unspecified atom stereocenters. The summed E-state index contributed by atoms with van der Waals surface area (Å²) in [6.07, 6.45) is 0. The van der Waals surface area contributed by atoms with Crippen LogP contribution in [0.15, 0.2) is 18.2 Å². The monoisotopic (exact) mass is 249 g/mol. The van der Waals surface area contributed by atoms with E-state index in [0.29, 0.717) is 15.7 Å². The highest BCUT2D eigenvalue weighted by Crippen LogP contribution is 2.26. The van der Waals surface area contributed by atoms with Gasteiger partial charge >= 0.3 is 0 Å². The van der Waals surface area contributed by atoms with Crippen molar-refractivity contribution in [3.05, 3.63) is 23.8 Å². The lowest BCUT2D eigenvalue weighted by Crippen LogP contribution is -2.03. The summed E-state index contributed by atoms with van der Waals surface area (Å²) in [5.41, 5.74) is 4.10. The third-order valence-electron chi connectivity index (χ3n) is 1.80. The highest BCUT2D eigenvalue weighted by molar-refractivity contribution is 7.80. The van der Waals surface area contributed by atoms with E-state index in [1.165, 1.54) is 11.3 Å². The molecule has 0 bridgehead atoms. The number of hydrogen-bond donors (Lipinski definition) is 1. The maximum atomic E-state index is 8.76. The molecule has 0 aliphatic heterocycles. The maximum Gasteiger partial charge on any atom is 0.217 e. The van der Waals surface area contributed by atoms with Crippen molar-refractivity contribution in [2.45, 2.75) is 6.92 Å². The van der Waals surface area contributed by atoms with Crippen molar-refractivity contribution in [3.8, 4) is 6.07 Å². The summed E-state index contributed by atoms with van der Waals surface area (Å²) < 4.78 is 0.937. The third kappa shape index (κ3) is 2.27. The molecule has 0 radical (unpaired) electrons. The molecule has 0 atom stereocenters. The number of nitriles is 1. The van der Waals surface area contributed by atoms with Crippen molar-refractivity contribution < 1.29 is 4.84 Å². The zero-order valence-corrected chi connectivity index (χ0v) is 9.98. The SMILES string of the molecule is CC(=S)ONc1nc2ccc(C#N)cc2s1. The second-order valence-corrected chi connectivity index (χ2v) is 4.61. The van der Waals surface area contributed by atoms with E-state index >= 15 is 0 Å². The Bertz CT molecular complexity index is 585. The van der Waals surface area contributed by atoms with E-state index in [-0.39, 0.29) is 0 Å². The molecule has 0 aliphatic rings. The summed E-state index contributed by atoms with van der Waals surface area (Å²) in [6.45, 7) is 1.67. The summed E-state index contributed by atoms with van der Waals surface area (Å²) in [5, 5.41) is 9.78. The standard InChI is InChI=1S/C10H7N3OS2/c1-6(15)14-13-10-12-8-3-2-7(5-11)4-9(8)16-10/h2-4H,1H3,(H,12,13). The molecule has 1 aromatic heterocycles. The largest absolute Gasteiger partial charge is 0.373 e. The van der Waals surface area contributed by atoms with Gasteiger partial charge in [0.15, 0.2) is 5.05 Å². The molecule has 2 rings (SSSR count). The number of anilines is 1. The molecule has 4 nitrogen and oxygen atoms in total. The smallest absolute Gasteiger partial charge is 0.217 e. The predicted octanol–water partition coefficient (Wildman–Crippen LogP) is 2.86. The fraction of sp³-hybridized carbons (Fsp3) is 0.100. The van der Waals surface area contributed by atoms with Crippen molar-refractivity contribution in [3.63, 3.8) is 0 Å². The number of thiazole rings is 1. The minimum atomic E-state index is 0.400. The molecule has 1 N–H and O–H groups in total. The number of nitrogens with zero attached hydrogens (tertiary/aromatic N) is 2. The van der Waals surface area contributed by atoms with Gasteiger partial charge in [-0.3, -0.25) is 0 Å². The number of fused-ring (bicyclic) bond motifs is 1. The molecular weight excluding hydrogens is 242 g/mol. The van der Waals surface area contributed by atoms with Crippen LogP contribution in [0.5, 0.6) is 0 Å². The van der Waals surface area contributed by atoms with Crippen LogP contribution in [0.1, 0.15) is 12.5 Å². The Balaban J connectivity index is 2.30. The molecule has 6 heteroatoms. The first-order valence-electron chi connectivity index (χ1n) is 4.43. The molecule has 1 heterocycles. The Labute approximate surface area is 101 Å². The second kappa shape index (κ2) is 4.43. The van der Waals surface area contributed by atoms with Gasteiger partial charge in [0.05, 0.1) is 21.8 Å². The van der Waals surface area contributed by atoms with Crippen LogP contribution in [-0.4, -0.2) is 10.0 Å². The molecular formula is C10H7N3OS2. The van der Waals surface area contributed by atoms with Gasteiger partial charge in [-0.2, -0.15) is 10.7 Å². The zero-order valence-electron chi connectivity index (χ0n) is 8.35. The second-order valence-electron chi connectivity index (χ2n) is 3.01. The van der Waals surface area contributed by atoms with E-state index in [4.69, 9.17) is 22.3 Å². The van der Waals surface area contributed by atoms with Crippen LogP contribution < -0.4 is 5.48 Å². The van der Waals surface area contributed by atoms with Crippen molar-refractivity contribution in [1.29, 1.82) is 5.26 Å². The zero-order chi connectivity index (χ0) is 11.5. The minimum absolute atomic E-state index is 0.400. The van der Waals surface area contributed by atoms with E-state index in [0.717, 1.165) is 10.2 Å². The third-order valence-corrected chi connectivity index (χ3v) is 2.80. The van der Waals surface area contributed by atoms with Crippen molar-refractivity contribution >= 4 is 44.0 Å². The Morgan fingerprint density at radius 1 is 1.62 bits per heavy atom. The fourth-order valence-electron chi connectivity index (χ4n) is 1.15. The average molecular weight is 249 g/mol. The highest BCUT2D eigenvalue weighted by atomic mass is 32.1. The summed E-state index contributed by atoms with van der Waals surface area (Å²) in [4.78, 5) is 9.25. The molecule has 0 fully saturated rings. The van der Waals surface area contributed by atoms with Gasteiger partial charge in [-0.1, -0.05) is 11.3 Å². The number of thiocarbonyl (C=S) groups is 1. The minimum Gasteiger partial charge on any atom is -0.373 e. The van der Waals surface area contributed by atoms with Crippen LogP contribution in [-0.2, 0) is 4.84 Å². The van der Waals surface area contributed by atoms with Gasteiger partial charge in [-0.15, -0.1) is 0 Å². The Morgan fingerprint density at radius 3 is 3.12 bits per heavy atom. The Kier molecular flexibility index (Phi) is 2.99. The quantitative estimate of drug-likeness (QED) is 0.655. The van der Waals surface area contributed by atoms with Crippen LogP contribution in [0, 0.1) is 11.3 Å². The lowest BCUT2D eigenvalue weighted by atomic mass is 10.2. The van der Waals surface area contributed by atoms with Crippen LogP contribution in [0.3, 0.4) is 0 Å². The van der Waals surface area contributed by atoms with E-state index in [1.54, 1.807) is 25.1 Å². The number of aromatic nitrogens is 1. The molecule has 2 aromatic rings. The van der Waals surface area contributed by atoms with Crippen molar-refractivity contribution in [2.75, 3.05) is 5.48 Å². The van der Waals surface area contributed by atoms with Gasteiger partial charge in [-0.25, -0.2) is 4.98 Å². The van der Waals surface area contributed by atoms with Gasteiger partial charge in [0.2, 0.25) is 5.13 Å². The molecule has 0 saturated carbocycles. The molecule has 0 spiro atoms. The molecule has 0 amide bonds. The molecule has 80 valence electrons. The van der Waals surface area contributed by atoms with Crippen molar-refractivity contribution in [2.24, 2.45) is 0 Å². The van der Waals surface area contributed by atoms with E-state index < -0.39 is 0 Å². The van der Waals surface area contributed by atoms with E-state index in [1.807, 2.05) is 0 Å². The Morgan fingerprint density at radius 2 is 2.44 bits per heavy atom. The first kappa shape index (κ1) is 10.8. The summed E-state index contributed by atoms with van der Waals surface area (Å²) in [5.74, 6) is 0. The van der Waals surface area contributed by atoms with Crippen LogP contribution in [0.2, 0.25) is 0 Å². The number of hydrogen-bond acceptors (Lipinski definition) is 6. The fourth-order valence-corrected chi connectivity index (χ4v) is 2.03. The predicted molar refractivity (Wildman–Crippen MR) is 67.3 cm³/mol. The van der Waals surface area contributed by atoms with Gasteiger partial charge in [0.1, 0.15) is 0 Å². The normalized spacial score (nSPS) is 9.75. The first-order chi connectivity index (χ1) is 7.69. The molecule has 1 aromatic carbocycles. The lowest BCUT2D eigenvalue weighted by Gasteiger charge is -2.00. The summed E-state index contributed by atoms with van der Waals surface area (Å²) in [6, 6.07) is 7.42. The lowest BCUT2D eigenvalue weighted by molar-refractivity contribution is 0.401. The number of benzene rings is 1.